The van der Waals surface area contributed by atoms with E-state index >= 15 is 0 Å². The monoisotopic (exact) mass is 236 g/mol. The van der Waals surface area contributed by atoms with Gasteiger partial charge in [0.05, 0.1) is 0 Å². The molecule has 0 nitrogen and oxygen atoms in total. The van der Waals surface area contributed by atoms with Gasteiger partial charge in [0.2, 0.25) is 0 Å². The molecule has 1 heterocycles. The van der Waals surface area contributed by atoms with Gasteiger partial charge in [0.25, 0.3) is 0 Å². The van der Waals surface area contributed by atoms with Crippen LogP contribution < -0.4 is 0 Å². The van der Waals surface area contributed by atoms with E-state index in [9.17, 15) is 0 Å². The van der Waals surface area contributed by atoms with E-state index in [-0.39, 0.29) is 0 Å². The van der Waals surface area contributed by atoms with Crippen molar-refractivity contribution in [2.75, 3.05) is 0 Å². The topological polar surface area (TPSA) is 0 Å². The normalized spacial score (nSPS) is 14.3. The van der Waals surface area contributed by atoms with E-state index in [4.69, 9.17) is 0 Å². The molecule has 0 N–H and O–H groups in total. The SMILES string of the molecule is CCc1ccc(C)c2c1SC(=C(C)C)S2. The highest BCUT2D eigenvalue weighted by molar-refractivity contribution is 8.24. The Labute approximate surface area is 101 Å². The van der Waals surface area contributed by atoms with Gasteiger partial charge < -0.3 is 0 Å². The van der Waals surface area contributed by atoms with Crippen LogP contribution in [0.15, 0.2) is 31.7 Å². The van der Waals surface area contributed by atoms with Crippen LogP contribution in [0.25, 0.3) is 0 Å². The maximum atomic E-state index is 2.27. The zero-order valence-corrected chi connectivity index (χ0v) is 11.3. The van der Waals surface area contributed by atoms with Crippen molar-refractivity contribution in [3.63, 3.8) is 0 Å². The molecule has 0 spiro atoms. The van der Waals surface area contributed by atoms with Gasteiger partial charge in [-0.2, -0.15) is 0 Å². The molecule has 0 bridgehead atoms. The van der Waals surface area contributed by atoms with Crippen LogP contribution in [-0.4, -0.2) is 0 Å². The number of rotatable bonds is 1. The lowest BCUT2D eigenvalue weighted by atomic mass is 10.1. The maximum Gasteiger partial charge on any atom is 0.0486 e. The third-order valence-electron chi connectivity index (χ3n) is 2.57. The fraction of sp³-hybridized carbons (Fsp3) is 0.385. The molecule has 1 aromatic rings. The summed E-state index contributed by atoms with van der Waals surface area (Å²) in [4.78, 5) is 2.98. The predicted octanol–water partition coefficient (Wildman–Crippen LogP) is 5.01. The van der Waals surface area contributed by atoms with Crippen molar-refractivity contribution in [1.82, 2.24) is 0 Å². The van der Waals surface area contributed by atoms with Crippen LogP contribution in [0.4, 0.5) is 0 Å². The summed E-state index contributed by atoms with van der Waals surface area (Å²) in [6, 6.07) is 4.52. The predicted molar refractivity (Wildman–Crippen MR) is 70.6 cm³/mol. The van der Waals surface area contributed by atoms with Crippen molar-refractivity contribution in [2.45, 2.75) is 43.9 Å². The summed E-state index contributed by atoms with van der Waals surface area (Å²) >= 11 is 3.90. The van der Waals surface area contributed by atoms with Gasteiger partial charge in [-0.3, -0.25) is 0 Å². The van der Waals surface area contributed by atoms with Crippen LogP contribution in [0.2, 0.25) is 0 Å². The van der Waals surface area contributed by atoms with Crippen LogP contribution in [0, 0.1) is 6.92 Å². The minimum Gasteiger partial charge on any atom is -0.0813 e. The highest BCUT2D eigenvalue weighted by atomic mass is 32.2. The highest BCUT2D eigenvalue weighted by Gasteiger charge is 2.22. The largest absolute Gasteiger partial charge is 0.0813 e. The van der Waals surface area contributed by atoms with Crippen LogP contribution >= 0.6 is 23.5 Å². The Morgan fingerprint density at radius 3 is 2.40 bits per heavy atom. The molecule has 0 unspecified atom stereocenters. The number of hydrogen-bond donors (Lipinski definition) is 0. The Balaban J connectivity index is 2.53. The number of fused-ring (bicyclic) bond motifs is 1. The molecule has 2 heteroatoms. The maximum absolute atomic E-state index is 2.27. The van der Waals surface area contributed by atoms with Gasteiger partial charge in [0.1, 0.15) is 0 Å². The molecule has 1 aromatic carbocycles. The van der Waals surface area contributed by atoms with Crippen LogP contribution in [0.3, 0.4) is 0 Å². The Morgan fingerprint density at radius 1 is 1.13 bits per heavy atom. The van der Waals surface area contributed by atoms with Crippen molar-refractivity contribution < 1.29 is 0 Å². The first kappa shape index (κ1) is 11.2. The summed E-state index contributed by atoms with van der Waals surface area (Å²) in [5, 5.41) is 0. The van der Waals surface area contributed by atoms with Gasteiger partial charge in [-0.05, 0) is 38.3 Å². The van der Waals surface area contributed by atoms with E-state index in [1.54, 1.807) is 0 Å². The van der Waals surface area contributed by atoms with Gasteiger partial charge in [-0.25, -0.2) is 0 Å². The lowest BCUT2D eigenvalue weighted by molar-refractivity contribution is 1.02. The molecule has 0 radical (unpaired) electrons. The van der Waals surface area contributed by atoms with Crippen molar-refractivity contribution in [2.24, 2.45) is 0 Å². The van der Waals surface area contributed by atoms with Gasteiger partial charge in [-0.1, -0.05) is 48.2 Å². The van der Waals surface area contributed by atoms with Crippen LogP contribution in [-0.2, 0) is 6.42 Å². The van der Waals surface area contributed by atoms with Crippen LogP contribution in [0.1, 0.15) is 31.9 Å². The molecule has 15 heavy (non-hydrogen) atoms. The minimum atomic E-state index is 1.13. The number of hydrogen-bond acceptors (Lipinski definition) is 2. The molecule has 80 valence electrons. The molecule has 2 rings (SSSR count). The van der Waals surface area contributed by atoms with Crippen molar-refractivity contribution in [3.8, 4) is 0 Å². The first-order chi connectivity index (χ1) is 7.13. The standard InChI is InChI=1S/C13H16S2/c1-5-10-7-6-9(4)11-12(10)15-13(14-11)8(2)3/h6-7H,5H2,1-4H3. The quantitative estimate of drug-likeness (QED) is 0.672. The molecule has 0 atom stereocenters. The highest BCUT2D eigenvalue weighted by Crippen LogP contribution is 2.54. The number of aryl methyl sites for hydroxylation is 2. The average molecular weight is 236 g/mol. The zero-order valence-electron chi connectivity index (χ0n) is 9.68. The Morgan fingerprint density at radius 2 is 1.80 bits per heavy atom. The minimum absolute atomic E-state index is 1.13. The van der Waals surface area contributed by atoms with Crippen molar-refractivity contribution >= 4 is 23.5 Å². The van der Waals surface area contributed by atoms with E-state index in [0.29, 0.717) is 0 Å². The Kier molecular flexibility index (Phi) is 3.17. The average Bonchev–Trinajstić information content (AvgIpc) is 2.64. The lowest BCUT2D eigenvalue weighted by Gasteiger charge is -2.05. The van der Waals surface area contributed by atoms with Crippen molar-refractivity contribution in [3.05, 3.63) is 33.1 Å². The summed E-state index contributed by atoms with van der Waals surface area (Å²) < 4.78 is 1.47. The first-order valence-corrected chi connectivity index (χ1v) is 6.92. The molecule has 1 aliphatic rings. The fourth-order valence-electron chi connectivity index (χ4n) is 1.63. The molecule has 0 fully saturated rings. The summed E-state index contributed by atoms with van der Waals surface area (Å²) in [5.41, 5.74) is 4.34. The van der Waals surface area contributed by atoms with E-state index in [2.05, 4.69) is 39.8 Å². The van der Waals surface area contributed by atoms with Gasteiger partial charge in [0, 0.05) is 14.0 Å². The molecule has 1 aliphatic heterocycles. The third-order valence-corrected chi connectivity index (χ3v) is 5.79. The smallest absolute Gasteiger partial charge is 0.0486 e. The van der Waals surface area contributed by atoms with E-state index in [0.717, 1.165) is 6.42 Å². The zero-order chi connectivity index (χ0) is 11.0. The number of thioether (sulfide) groups is 2. The lowest BCUT2D eigenvalue weighted by Crippen LogP contribution is -1.86. The molecule has 0 amide bonds. The van der Waals surface area contributed by atoms with E-state index in [1.165, 1.54) is 30.7 Å². The molecular formula is C13H16S2. The molecule has 0 saturated heterocycles. The van der Waals surface area contributed by atoms with Crippen molar-refractivity contribution in [1.29, 1.82) is 0 Å². The summed E-state index contributed by atoms with van der Waals surface area (Å²) in [7, 11) is 0. The fourth-order valence-corrected chi connectivity index (χ4v) is 4.38. The van der Waals surface area contributed by atoms with E-state index in [1.807, 2.05) is 23.5 Å². The Bertz CT molecular complexity index is 426. The number of benzene rings is 1. The van der Waals surface area contributed by atoms with Crippen LogP contribution in [0.5, 0.6) is 0 Å². The molecule has 0 saturated carbocycles. The van der Waals surface area contributed by atoms with Gasteiger partial charge in [0.15, 0.2) is 0 Å². The summed E-state index contributed by atoms with van der Waals surface area (Å²) in [6.45, 7) is 8.83. The molecule has 0 aliphatic carbocycles. The summed E-state index contributed by atoms with van der Waals surface area (Å²) in [6.07, 6.45) is 1.13. The summed E-state index contributed by atoms with van der Waals surface area (Å²) in [5.74, 6) is 0. The Hall–Kier alpha value is -0.340. The van der Waals surface area contributed by atoms with Gasteiger partial charge in [-0.15, -0.1) is 0 Å². The van der Waals surface area contributed by atoms with Gasteiger partial charge >= 0.3 is 0 Å². The molecular weight excluding hydrogens is 220 g/mol. The third kappa shape index (κ3) is 1.98. The second-order valence-electron chi connectivity index (χ2n) is 4.04. The molecule has 0 aromatic heterocycles. The van der Waals surface area contributed by atoms with E-state index < -0.39 is 0 Å². The second kappa shape index (κ2) is 4.26. The second-order valence-corrected chi connectivity index (χ2v) is 6.34. The number of allylic oxidation sites excluding steroid dienone is 1. The first-order valence-electron chi connectivity index (χ1n) is 5.29.